The lowest BCUT2D eigenvalue weighted by molar-refractivity contribution is -0.0616. The lowest BCUT2D eigenvalue weighted by Gasteiger charge is -2.32. The van der Waals surface area contributed by atoms with Crippen molar-refractivity contribution in [2.75, 3.05) is 5.32 Å². The average Bonchev–Trinajstić information content (AvgIpc) is 2.67. The van der Waals surface area contributed by atoms with Gasteiger partial charge in [-0.3, -0.25) is 0 Å². The fraction of sp³-hybridized carbons (Fsp3) is 0.455. The molecule has 0 saturated heterocycles. The van der Waals surface area contributed by atoms with Crippen molar-refractivity contribution in [2.45, 2.75) is 30.4 Å². The summed E-state index contributed by atoms with van der Waals surface area (Å²) in [6.07, 6.45) is -3.92. The van der Waals surface area contributed by atoms with Crippen molar-refractivity contribution >= 4 is 17.3 Å². The van der Waals surface area contributed by atoms with Crippen molar-refractivity contribution in [3.63, 3.8) is 0 Å². The Kier molecular flexibility index (Phi) is 3.19. The van der Waals surface area contributed by atoms with Gasteiger partial charge in [0.1, 0.15) is 0 Å². The summed E-state index contributed by atoms with van der Waals surface area (Å²) in [5.74, 6) is 0. The van der Waals surface area contributed by atoms with E-state index >= 15 is 0 Å². The van der Waals surface area contributed by atoms with E-state index in [1.807, 2.05) is 0 Å². The molecule has 1 aromatic rings. The molecule has 1 aliphatic rings. The molecule has 2 N–H and O–H groups in total. The maximum Gasteiger partial charge on any atom is 0.350 e. The number of benzene rings is 1. The number of nitrogens with one attached hydrogen (secondary N) is 1. The van der Waals surface area contributed by atoms with Crippen LogP contribution in [0.25, 0.3) is 0 Å². The molecular weight excluding hydrogens is 274 g/mol. The van der Waals surface area contributed by atoms with Gasteiger partial charge in [0, 0.05) is 12.1 Å². The van der Waals surface area contributed by atoms with Crippen LogP contribution < -0.4 is 5.32 Å². The van der Waals surface area contributed by atoms with Crippen LogP contribution in [0.15, 0.2) is 18.2 Å². The minimum Gasteiger partial charge on any atom is -0.392 e. The van der Waals surface area contributed by atoms with Crippen LogP contribution in [0.5, 0.6) is 0 Å². The highest BCUT2D eigenvalue weighted by Gasteiger charge is 2.61. The molecule has 0 spiro atoms. The maximum atomic E-state index is 13.3. The predicted octanol–water partition coefficient (Wildman–Crippen LogP) is 2.98. The van der Waals surface area contributed by atoms with Crippen molar-refractivity contribution in [3.8, 4) is 0 Å². The highest BCUT2D eigenvalue weighted by molar-refractivity contribution is 6.23. The monoisotopic (exact) mass is 283 g/mol. The summed E-state index contributed by atoms with van der Waals surface area (Å²) in [7, 11) is 0. The molecule has 18 heavy (non-hydrogen) atoms. The zero-order chi connectivity index (χ0) is 13.6. The Bertz CT molecular complexity index is 463. The standard InChI is InChI=1S/C11H10ClF4NO/c12-11(15,16)10(9(13)14)4-7-3-6(5-18)1-2-8(7)17-10/h1-3,9,17-18H,4-5H2. The third kappa shape index (κ3) is 1.93. The second-order valence-electron chi connectivity index (χ2n) is 4.22. The first-order valence-corrected chi connectivity index (χ1v) is 5.53. The van der Waals surface area contributed by atoms with Crippen LogP contribution in [0.1, 0.15) is 11.1 Å². The van der Waals surface area contributed by atoms with Crippen LogP contribution >= 0.6 is 11.6 Å². The first-order chi connectivity index (χ1) is 8.30. The Hall–Kier alpha value is -1.01. The second-order valence-corrected chi connectivity index (χ2v) is 4.70. The number of alkyl halides is 5. The summed E-state index contributed by atoms with van der Waals surface area (Å²) >= 11 is 4.83. The molecule has 1 unspecified atom stereocenters. The van der Waals surface area contributed by atoms with Gasteiger partial charge < -0.3 is 10.4 Å². The van der Waals surface area contributed by atoms with Gasteiger partial charge in [-0.15, -0.1) is 0 Å². The minimum atomic E-state index is -4.08. The summed E-state index contributed by atoms with van der Waals surface area (Å²) in [6, 6.07) is 4.27. The largest absolute Gasteiger partial charge is 0.392 e. The lowest BCUT2D eigenvalue weighted by Crippen LogP contribution is -2.55. The number of aliphatic hydroxyl groups excluding tert-OH is 1. The van der Waals surface area contributed by atoms with Gasteiger partial charge >= 0.3 is 5.38 Å². The molecule has 7 heteroatoms. The Balaban J connectivity index is 2.42. The summed E-state index contributed by atoms with van der Waals surface area (Å²) in [5, 5.41) is 6.97. The quantitative estimate of drug-likeness (QED) is 0.660. The summed E-state index contributed by atoms with van der Waals surface area (Å²) < 4.78 is 52.4. The van der Waals surface area contributed by atoms with Gasteiger partial charge in [-0.1, -0.05) is 12.1 Å². The molecule has 1 heterocycles. The van der Waals surface area contributed by atoms with Crippen molar-refractivity contribution in [2.24, 2.45) is 0 Å². The number of fused-ring (bicyclic) bond motifs is 1. The average molecular weight is 284 g/mol. The Morgan fingerprint density at radius 2 is 2.11 bits per heavy atom. The van der Waals surface area contributed by atoms with Crippen LogP contribution in [0.2, 0.25) is 0 Å². The number of halogens is 5. The van der Waals surface area contributed by atoms with Crippen LogP contribution in [-0.4, -0.2) is 22.5 Å². The third-order valence-electron chi connectivity index (χ3n) is 3.06. The van der Waals surface area contributed by atoms with Gasteiger partial charge in [0.05, 0.1) is 6.61 Å². The predicted molar refractivity (Wildman–Crippen MR) is 59.2 cm³/mol. The van der Waals surface area contributed by atoms with Crippen molar-refractivity contribution in [3.05, 3.63) is 29.3 Å². The van der Waals surface area contributed by atoms with Crippen molar-refractivity contribution in [1.29, 1.82) is 0 Å². The van der Waals surface area contributed by atoms with Gasteiger partial charge in [-0.2, -0.15) is 8.78 Å². The van der Waals surface area contributed by atoms with Crippen LogP contribution in [0, 0.1) is 0 Å². The molecule has 0 aliphatic carbocycles. The first-order valence-electron chi connectivity index (χ1n) is 5.16. The molecule has 0 radical (unpaired) electrons. The van der Waals surface area contributed by atoms with E-state index in [0.29, 0.717) is 11.1 Å². The van der Waals surface area contributed by atoms with Gasteiger partial charge in [0.2, 0.25) is 0 Å². The van der Waals surface area contributed by atoms with Gasteiger partial charge in [0.25, 0.3) is 6.43 Å². The van der Waals surface area contributed by atoms with Gasteiger partial charge in [-0.05, 0) is 28.8 Å². The van der Waals surface area contributed by atoms with Crippen LogP contribution in [0.3, 0.4) is 0 Å². The molecule has 0 saturated carbocycles. The topological polar surface area (TPSA) is 32.3 Å². The smallest absolute Gasteiger partial charge is 0.350 e. The number of hydrogen-bond acceptors (Lipinski definition) is 2. The molecule has 100 valence electrons. The molecule has 2 nitrogen and oxygen atoms in total. The van der Waals surface area contributed by atoms with E-state index in [1.54, 1.807) is 0 Å². The molecule has 1 atom stereocenters. The van der Waals surface area contributed by atoms with E-state index in [0.717, 1.165) is 0 Å². The van der Waals surface area contributed by atoms with E-state index in [-0.39, 0.29) is 12.3 Å². The molecule has 0 aromatic heterocycles. The maximum absolute atomic E-state index is 13.3. The summed E-state index contributed by atoms with van der Waals surface area (Å²) in [6.45, 7) is -0.285. The van der Waals surface area contributed by atoms with Crippen LogP contribution in [0.4, 0.5) is 23.2 Å². The van der Waals surface area contributed by atoms with Gasteiger partial charge in [0.15, 0.2) is 5.54 Å². The number of anilines is 1. The highest BCUT2D eigenvalue weighted by Crippen LogP contribution is 2.47. The number of hydrogen-bond donors (Lipinski definition) is 2. The van der Waals surface area contributed by atoms with Gasteiger partial charge in [-0.25, -0.2) is 8.78 Å². The van der Waals surface area contributed by atoms with Crippen molar-refractivity contribution in [1.82, 2.24) is 0 Å². The molecule has 0 amide bonds. The fourth-order valence-electron chi connectivity index (χ4n) is 2.03. The van der Waals surface area contributed by atoms with E-state index in [4.69, 9.17) is 16.7 Å². The third-order valence-corrected chi connectivity index (χ3v) is 3.39. The zero-order valence-electron chi connectivity index (χ0n) is 9.06. The second kappa shape index (κ2) is 4.28. The van der Waals surface area contributed by atoms with Crippen molar-refractivity contribution < 1.29 is 22.7 Å². The Morgan fingerprint density at radius 1 is 1.44 bits per heavy atom. The minimum absolute atomic E-state index is 0.188. The summed E-state index contributed by atoms with van der Waals surface area (Å²) in [4.78, 5) is 0. The lowest BCUT2D eigenvalue weighted by atomic mass is 9.95. The SMILES string of the molecule is OCc1ccc2c(c1)CC(C(F)F)(C(F)(F)Cl)N2. The molecule has 1 aliphatic heterocycles. The summed E-state index contributed by atoms with van der Waals surface area (Å²) in [5.41, 5.74) is -1.85. The molecular formula is C11H10ClF4NO. The first kappa shape index (κ1) is 13.4. The van der Waals surface area contributed by atoms with E-state index in [1.165, 1.54) is 18.2 Å². The van der Waals surface area contributed by atoms with Crippen LogP contribution in [-0.2, 0) is 13.0 Å². The molecule has 0 fully saturated rings. The molecule has 0 bridgehead atoms. The number of rotatable bonds is 3. The molecule has 1 aromatic carbocycles. The van der Waals surface area contributed by atoms with E-state index in [9.17, 15) is 17.6 Å². The molecule has 2 rings (SSSR count). The van der Waals surface area contributed by atoms with E-state index in [2.05, 4.69) is 5.32 Å². The Morgan fingerprint density at radius 3 is 2.61 bits per heavy atom. The Labute approximate surface area is 106 Å². The highest BCUT2D eigenvalue weighted by atomic mass is 35.5. The van der Waals surface area contributed by atoms with E-state index < -0.39 is 23.8 Å². The normalized spacial score (nSPS) is 23.1. The number of aliphatic hydroxyl groups is 1. The fourth-order valence-corrected chi connectivity index (χ4v) is 2.22. The zero-order valence-corrected chi connectivity index (χ0v) is 9.82.